The number of benzene rings is 2. The average Bonchev–Trinajstić information content (AvgIpc) is 2.91. The van der Waals surface area contributed by atoms with Crippen molar-refractivity contribution in [1.29, 1.82) is 0 Å². The highest BCUT2D eigenvalue weighted by atomic mass is 19.4. The number of rotatable bonds is 4. The summed E-state index contributed by atoms with van der Waals surface area (Å²) in [5.74, 6) is -4.11. The monoisotopic (exact) mass is 425 g/mol. The molecule has 4 rings (SSSR count). The van der Waals surface area contributed by atoms with Gasteiger partial charge in [0.15, 0.2) is 0 Å². The SMILES string of the molecule is [2H]c1c([2H])c(-c2ccc3c(c2)C(=O)N(C([2H])([2H])c2ncccn2)C([2H])([2H])C([2H])([2H])O3)c([2H])c([2H])c1OC(F)(F)F. The molecule has 0 saturated carbocycles. The fourth-order valence-electron chi connectivity index (χ4n) is 2.38. The van der Waals surface area contributed by atoms with Gasteiger partial charge in [0.25, 0.3) is 5.91 Å². The van der Waals surface area contributed by atoms with Gasteiger partial charge in [0.2, 0.25) is 0 Å². The Morgan fingerprint density at radius 3 is 2.63 bits per heavy atom. The van der Waals surface area contributed by atoms with Crippen molar-refractivity contribution in [2.24, 2.45) is 0 Å². The van der Waals surface area contributed by atoms with Crippen molar-refractivity contribution in [3.8, 4) is 22.6 Å². The summed E-state index contributed by atoms with van der Waals surface area (Å²) >= 11 is 0. The summed E-state index contributed by atoms with van der Waals surface area (Å²) in [7, 11) is 0. The average molecular weight is 425 g/mol. The molecule has 0 spiro atoms. The lowest BCUT2D eigenvalue weighted by Crippen LogP contribution is -2.32. The van der Waals surface area contributed by atoms with Gasteiger partial charge in [-0.2, -0.15) is 0 Å². The third kappa shape index (κ3) is 4.51. The van der Waals surface area contributed by atoms with Crippen molar-refractivity contribution in [3.63, 3.8) is 0 Å². The molecule has 0 unspecified atom stereocenters. The van der Waals surface area contributed by atoms with Gasteiger partial charge in [-0.15, -0.1) is 13.2 Å². The maximum Gasteiger partial charge on any atom is 0.573 e. The molecular formula is C21H16F3N3O3. The molecule has 1 amide bonds. The molecule has 1 aliphatic heterocycles. The van der Waals surface area contributed by atoms with E-state index in [4.69, 9.17) is 18.4 Å². The number of amides is 1. The Morgan fingerprint density at radius 2 is 1.93 bits per heavy atom. The van der Waals surface area contributed by atoms with Gasteiger partial charge in [-0.25, -0.2) is 9.97 Å². The van der Waals surface area contributed by atoms with Crippen LogP contribution in [0.15, 0.2) is 60.8 Å². The van der Waals surface area contributed by atoms with Gasteiger partial charge in [-0.3, -0.25) is 4.79 Å². The molecule has 0 fully saturated rings. The topological polar surface area (TPSA) is 64.6 Å². The third-order valence-corrected chi connectivity index (χ3v) is 3.62. The number of carbonyl (C=O) groups is 1. The van der Waals surface area contributed by atoms with Crippen LogP contribution in [0.25, 0.3) is 11.1 Å². The zero-order valence-corrected chi connectivity index (χ0v) is 14.7. The number of hydrogen-bond donors (Lipinski definition) is 0. The number of fused-ring (bicyclic) bond motifs is 1. The number of aromatic nitrogens is 2. The number of ether oxygens (including phenoxy) is 2. The molecule has 6 nitrogen and oxygen atoms in total. The fourth-order valence-corrected chi connectivity index (χ4v) is 2.38. The molecule has 0 atom stereocenters. The van der Waals surface area contributed by atoms with Gasteiger partial charge < -0.3 is 14.4 Å². The number of carbonyl (C=O) groups excluding carboxylic acids is 1. The van der Waals surface area contributed by atoms with E-state index in [9.17, 15) is 18.0 Å². The van der Waals surface area contributed by atoms with Crippen molar-refractivity contribution in [2.75, 3.05) is 13.1 Å². The lowest BCUT2D eigenvalue weighted by molar-refractivity contribution is -0.274. The molecule has 9 heteroatoms. The largest absolute Gasteiger partial charge is 0.573 e. The summed E-state index contributed by atoms with van der Waals surface area (Å²) in [5, 5.41) is 0. The Labute approximate surface area is 183 Å². The number of alkyl halides is 3. The number of nitrogens with zero attached hydrogens (tertiary/aromatic N) is 3. The van der Waals surface area contributed by atoms with E-state index in [0.717, 1.165) is 30.6 Å². The summed E-state index contributed by atoms with van der Waals surface area (Å²) in [6.45, 7) is -9.99. The molecule has 0 saturated heterocycles. The van der Waals surface area contributed by atoms with Crippen LogP contribution in [-0.4, -0.2) is 40.2 Å². The van der Waals surface area contributed by atoms with Gasteiger partial charge in [0.1, 0.15) is 23.9 Å². The van der Waals surface area contributed by atoms with Crippen molar-refractivity contribution in [1.82, 2.24) is 14.9 Å². The van der Waals surface area contributed by atoms with Gasteiger partial charge in [0.05, 0.1) is 32.3 Å². The van der Waals surface area contributed by atoms with E-state index in [1.807, 2.05) is 0 Å². The Morgan fingerprint density at radius 1 is 1.20 bits per heavy atom. The molecule has 2 aromatic carbocycles. The van der Waals surface area contributed by atoms with Crippen LogP contribution in [0.1, 0.15) is 29.9 Å². The molecule has 154 valence electrons. The quantitative estimate of drug-likeness (QED) is 0.630. The molecular weight excluding hydrogens is 399 g/mol. The second-order valence-electron chi connectivity index (χ2n) is 5.60. The zero-order chi connectivity index (χ0) is 30.0. The fraction of sp³-hybridized carbons (Fsp3) is 0.190. The smallest absolute Gasteiger partial charge is 0.491 e. The second kappa shape index (κ2) is 8.02. The van der Waals surface area contributed by atoms with Crippen LogP contribution < -0.4 is 9.47 Å². The molecule has 0 aliphatic carbocycles. The summed E-state index contributed by atoms with van der Waals surface area (Å²) in [6, 6.07) is -0.132. The van der Waals surface area contributed by atoms with Crippen LogP contribution in [0, 0.1) is 0 Å². The highest BCUT2D eigenvalue weighted by molar-refractivity contribution is 5.98. The first-order valence-electron chi connectivity index (χ1n) is 13.1. The maximum atomic E-state index is 13.7. The first kappa shape index (κ1) is 11.0. The predicted octanol–water partition coefficient (Wildman–Crippen LogP) is 4.08. The van der Waals surface area contributed by atoms with E-state index in [0.29, 0.717) is 0 Å². The van der Waals surface area contributed by atoms with E-state index < -0.39 is 84.4 Å². The summed E-state index contributed by atoms with van der Waals surface area (Å²) in [6.07, 6.45) is -3.09. The van der Waals surface area contributed by atoms with Crippen LogP contribution >= 0.6 is 0 Å². The van der Waals surface area contributed by atoms with Crippen LogP contribution in [0.5, 0.6) is 11.5 Å². The summed E-state index contributed by atoms with van der Waals surface area (Å²) < 4.78 is 129. The minimum absolute atomic E-state index is 0.0970. The van der Waals surface area contributed by atoms with Gasteiger partial charge >= 0.3 is 6.36 Å². The highest BCUT2D eigenvalue weighted by Crippen LogP contribution is 2.31. The molecule has 1 aromatic heterocycles. The van der Waals surface area contributed by atoms with E-state index in [1.165, 1.54) is 6.07 Å². The minimum atomic E-state index is -5.32. The second-order valence-corrected chi connectivity index (χ2v) is 5.60. The molecule has 30 heavy (non-hydrogen) atoms. The number of halogens is 3. The lowest BCUT2D eigenvalue weighted by Gasteiger charge is -2.19. The van der Waals surface area contributed by atoms with E-state index in [1.54, 1.807) is 0 Å². The number of hydrogen-bond acceptors (Lipinski definition) is 5. The van der Waals surface area contributed by atoms with E-state index >= 15 is 0 Å². The first-order valence-corrected chi connectivity index (χ1v) is 8.13. The standard InChI is InChI=1S/C21H16F3N3O3/c22-21(23,24)30-16-5-2-14(3-6-16)15-4-7-18-17(12-15)20(28)27(10-11-29-18)13-19-25-8-1-9-26-19/h1-9,12H,10-11,13H2/i2D,3D,5D,6D,10D2,11D2,13D2. The lowest BCUT2D eigenvalue weighted by atomic mass is 10.0. The molecule has 0 radical (unpaired) electrons. The molecule has 3 aromatic rings. The molecule has 1 aliphatic rings. The van der Waals surface area contributed by atoms with Crippen LogP contribution in [0.2, 0.25) is 0 Å². The van der Waals surface area contributed by atoms with Crippen molar-refractivity contribution >= 4 is 5.91 Å². The molecule has 0 N–H and O–H groups in total. The highest BCUT2D eigenvalue weighted by Gasteiger charge is 2.31. The van der Waals surface area contributed by atoms with Crippen LogP contribution in [-0.2, 0) is 6.50 Å². The van der Waals surface area contributed by atoms with Crippen LogP contribution in [0.4, 0.5) is 13.2 Å². The van der Waals surface area contributed by atoms with Crippen molar-refractivity contribution in [3.05, 3.63) is 72.2 Å². The van der Waals surface area contributed by atoms with Crippen LogP contribution in [0.3, 0.4) is 0 Å². The zero-order valence-electron chi connectivity index (χ0n) is 24.7. The summed E-state index contributed by atoms with van der Waals surface area (Å²) in [5.41, 5.74) is -1.52. The Kier molecular flexibility index (Phi) is 2.93. The Balaban J connectivity index is 1.94. The molecule has 0 bridgehead atoms. The van der Waals surface area contributed by atoms with Crippen molar-refractivity contribution < 1.29 is 41.1 Å². The minimum Gasteiger partial charge on any atom is -0.491 e. The summed E-state index contributed by atoms with van der Waals surface area (Å²) in [4.78, 5) is 21.0. The molecule has 2 heterocycles. The van der Waals surface area contributed by atoms with E-state index in [2.05, 4.69) is 14.7 Å². The normalized spacial score (nSPS) is 22.6. The van der Waals surface area contributed by atoms with E-state index in [-0.39, 0.29) is 10.5 Å². The third-order valence-electron chi connectivity index (χ3n) is 3.62. The maximum absolute atomic E-state index is 13.7. The Bertz CT molecular complexity index is 1480. The Hall–Kier alpha value is -3.62. The van der Waals surface area contributed by atoms with Gasteiger partial charge in [0, 0.05) is 12.4 Å². The van der Waals surface area contributed by atoms with Gasteiger partial charge in [-0.1, -0.05) is 18.2 Å². The van der Waals surface area contributed by atoms with Gasteiger partial charge in [-0.05, 0) is 41.4 Å². The predicted molar refractivity (Wildman–Crippen MR) is 101 cm³/mol. The first-order chi connectivity index (χ1) is 18.3. The van der Waals surface area contributed by atoms with Crippen molar-refractivity contribution in [2.45, 2.75) is 12.9 Å².